The molecule has 0 amide bonds. The van der Waals surface area contributed by atoms with E-state index in [-0.39, 0.29) is 5.41 Å². The third-order valence-corrected chi connectivity index (χ3v) is 2.79. The van der Waals surface area contributed by atoms with E-state index in [0.29, 0.717) is 0 Å². The number of hydrogen-bond donors (Lipinski definition) is 0. The molecule has 0 aromatic carbocycles. The number of allylic oxidation sites excluding steroid dienone is 5. The Labute approximate surface area is 81.4 Å². The van der Waals surface area contributed by atoms with Gasteiger partial charge in [0.15, 0.2) is 0 Å². The van der Waals surface area contributed by atoms with Crippen molar-refractivity contribution < 1.29 is 0 Å². The molecule has 0 saturated heterocycles. The van der Waals surface area contributed by atoms with E-state index < -0.39 is 0 Å². The molecular formula is C13H18. The lowest BCUT2D eigenvalue weighted by Crippen LogP contribution is -2.13. The maximum Gasteiger partial charge on any atom is -0.0103 e. The summed E-state index contributed by atoms with van der Waals surface area (Å²) in [6, 6.07) is 0. The zero-order valence-corrected chi connectivity index (χ0v) is 9.02. The highest BCUT2D eigenvalue weighted by molar-refractivity contribution is 5.39. The fraction of sp³-hybridized carbons (Fsp3) is 0.462. The van der Waals surface area contributed by atoms with Gasteiger partial charge in [0.05, 0.1) is 0 Å². The molecule has 0 heteroatoms. The summed E-state index contributed by atoms with van der Waals surface area (Å²) in [5.41, 5.74) is 6.16. The molecule has 1 aliphatic carbocycles. The predicted octanol–water partition coefficient (Wildman–Crippen LogP) is 4.02. The summed E-state index contributed by atoms with van der Waals surface area (Å²) < 4.78 is 0. The topological polar surface area (TPSA) is 0 Å². The van der Waals surface area contributed by atoms with Crippen molar-refractivity contribution in [2.24, 2.45) is 5.41 Å². The minimum absolute atomic E-state index is 0.275. The van der Waals surface area contributed by atoms with Gasteiger partial charge in [-0.1, -0.05) is 32.9 Å². The van der Waals surface area contributed by atoms with E-state index in [0.717, 1.165) is 6.42 Å². The van der Waals surface area contributed by atoms with Crippen molar-refractivity contribution in [2.45, 2.75) is 34.1 Å². The van der Waals surface area contributed by atoms with Crippen molar-refractivity contribution in [3.05, 3.63) is 41.2 Å². The first kappa shape index (κ1) is 10.1. The Morgan fingerprint density at radius 2 is 2.08 bits per heavy atom. The van der Waals surface area contributed by atoms with Crippen LogP contribution in [0.2, 0.25) is 0 Å². The molecule has 0 fully saturated rings. The standard InChI is InChI=1S/C13H18/c1-5-13(3,4)12-10-8-6-7-9-11(12)2/h6,8-10H,5H2,1-4H3. The zero-order chi connectivity index (χ0) is 9.90. The normalized spacial score (nSPS) is 16.6. The van der Waals surface area contributed by atoms with Crippen molar-refractivity contribution in [2.75, 3.05) is 0 Å². The van der Waals surface area contributed by atoms with Crippen molar-refractivity contribution in [1.82, 2.24) is 0 Å². The van der Waals surface area contributed by atoms with Crippen LogP contribution < -0.4 is 0 Å². The molecule has 0 spiro atoms. The van der Waals surface area contributed by atoms with Gasteiger partial charge in [0, 0.05) is 0 Å². The van der Waals surface area contributed by atoms with Gasteiger partial charge in [-0.25, -0.2) is 0 Å². The van der Waals surface area contributed by atoms with E-state index in [9.17, 15) is 0 Å². The maximum atomic E-state index is 3.13. The lowest BCUT2D eigenvalue weighted by Gasteiger charge is -2.25. The monoisotopic (exact) mass is 174 g/mol. The second-order valence-electron chi connectivity index (χ2n) is 4.17. The summed E-state index contributed by atoms with van der Waals surface area (Å²) in [6.07, 6.45) is 9.46. The Kier molecular flexibility index (Phi) is 2.95. The molecule has 0 radical (unpaired) electrons. The third-order valence-electron chi connectivity index (χ3n) is 2.79. The Hall–Kier alpha value is -1.00. The molecule has 0 atom stereocenters. The SMILES string of the molecule is CCC(C)(C)C1=C(C)C=C=CC=C1. The van der Waals surface area contributed by atoms with E-state index in [1.165, 1.54) is 11.1 Å². The molecule has 0 nitrogen and oxygen atoms in total. The maximum absolute atomic E-state index is 3.13. The molecule has 0 aliphatic heterocycles. The second-order valence-corrected chi connectivity index (χ2v) is 4.17. The van der Waals surface area contributed by atoms with Crippen LogP contribution in [0.15, 0.2) is 41.2 Å². The van der Waals surface area contributed by atoms with Gasteiger partial charge >= 0.3 is 0 Å². The van der Waals surface area contributed by atoms with Crippen LogP contribution in [0.25, 0.3) is 0 Å². The summed E-state index contributed by atoms with van der Waals surface area (Å²) in [7, 11) is 0. The third kappa shape index (κ3) is 2.23. The van der Waals surface area contributed by atoms with E-state index in [2.05, 4.69) is 51.7 Å². The van der Waals surface area contributed by atoms with Crippen LogP contribution in [-0.4, -0.2) is 0 Å². The van der Waals surface area contributed by atoms with Crippen LogP contribution >= 0.6 is 0 Å². The van der Waals surface area contributed by atoms with E-state index >= 15 is 0 Å². The molecule has 0 aromatic heterocycles. The summed E-state index contributed by atoms with van der Waals surface area (Å²) in [5.74, 6) is 0. The summed E-state index contributed by atoms with van der Waals surface area (Å²) in [4.78, 5) is 0. The van der Waals surface area contributed by atoms with Gasteiger partial charge < -0.3 is 0 Å². The van der Waals surface area contributed by atoms with E-state index in [4.69, 9.17) is 0 Å². The molecule has 0 bridgehead atoms. The fourth-order valence-electron chi connectivity index (χ4n) is 1.53. The average Bonchev–Trinajstić information content (AvgIpc) is 2.30. The quantitative estimate of drug-likeness (QED) is 0.555. The van der Waals surface area contributed by atoms with E-state index in [1.807, 2.05) is 6.08 Å². The van der Waals surface area contributed by atoms with Crippen LogP contribution in [0.1, 0.15) is 34.1 Å². The van der Waals surface area contributed by atoms with Crippen LogP contribution in [0.3, 0.4) is 0 Å². The fourth-order valence-corrected chi connectivity index (χ4v) is 1.53. The van der Waals surface area contributed by atoms with Crippen molar-refractivity contribution in [3.63, 3.8) is 0 Å². The Bertz CT molecular complexity index is 305. The average molecular weight is 174 g/mol. The molecule has 0 aromatic rings. The molecule has 0 saturated carbocycles. The molecular weight excluding hydrogens is 156 g/mol. The first-order valence-electron chi connectivity index (χ1n) is 4.88. The van der Waals surface area contributed by atoms with Gasteiger partial charge in [0.1, 0.15) is 0 Å². The molecule has 70 valence electrons. The number of hydrogen-bond acceptors (Lipinski definition) is 0. The molecule has 0 N–H and O–H groups in total. The highest BCUT2D eigenvalue weighted by Gasteiger charge is 2.20. The van der Waals surface area contributed by atoms with Gasteiger partial charge in [-0.05, 0) is 42.1 Å². The molecule has 1 rings (SSSR count). The Balaban J connectivity index is 3.11. The Morgan fingerprint density at radius 1 is 1.38 bits per heavy atom. The van der Waals surface area contributed by atoms with Crippen LogP contribution in [-0.2, 0) is 0 Å². The highest BCUT2D eigenvalue weighted by Crippen LogP contribution is 2.33. The lowest BCUT2D eigenvalue weighted by molar-refractivity contribution is 0.437. The summed E-state index contributed by atoms with van der Waals surface area (Å²) in [6.45, 7) is 8.96. The van der Waals surface area contributed by atoms with Crippen molar-refractivity contribution in [3.8, 4) is 0 Å². The zero-order valence-electron chi connectivity index (χ0n) is 9.02. The second kappa shape index (κ2) is 3.81. The number of rotatable bonds is 2. The van der Waals surface area contributed by atoms with Crippen LogP contribution in [0.5, 0.6) is 0 Å². The van der Waals surface area contributed by atoms with Crippen LogP contribution in [0.4, 0.5) is 0 Å². The molecule has 0 heterocycles. The Morgan fingerprint density at radius 3 is 2.69 bits per heavy atom. The van der Waals surface area contributed by atoms with Crippen molar-refractivity contribution >= 4 is 0 Å². The largest absolute Gasteiger partial charge is 0.121 e. The lowest BCUT2D eigenvalue weighted by atomic mass is 9.79. The van der Waals surface area contributed by atoms with Gasteiger partial charge in [-0.3, -0.25) is 0 Å². The molecule has 1 aliphatic rings. The predicted molar refractivity (Wildman–Crippen MR) is 58.6 cm³/mol. The summed E-state index contributed by atoms with van der Waals surface area (Å²) in [5, 5.41) is 0. The van der Waals surface area contributed by atoms with Gasteiger partial charge in [-0.15, -0.1) is 5.73 Å². The minimum atomic E-state index is 0.275. The van der Waals surface area contributed by atoms with E-state index in [1.54, 1.807) is 0 Å². The first-order chi connectivity index (χ1) is 6.08. The first-order valence-corrected chi connectivity index (χ1v) is 4.88. The van der Waals surface area contributed by atoms with Gasteiger partial charge in [0.2, 0.25) is 0 Å². The molecule has 13 heavy (non-hydrogen) atoms. The van der Waals surface area contributed by atoms with Crippen molar-refractivity contribution in [1.29, 1.82) is 0 Å². The minimum Gasteiger partial charge on any atom is -0.121 e. The summed E-state index contributed by atoms with van der Waals surface area (Å²) >= 11 is 0. The van der Waals surface area contributed by atoms with Gasteiger partial charge in [0.25, 0.3) is 0 Å². The highest BCUT2D eigenvalue weighted by atomic mass is 14.2. The smallest absolute Gasteiger partial charge is 0.0103 e. The molecule has 0 unspecified atom stereocenters. The van der Waals surface area contributed by atoms with Crippen LogP contribution in [0, 0.1) is 5.41 Å². The van der Waals surface area contributed by atoms with Gasteiger partial charge in [-0.2, -0.15) is 0 Å².